The Labute approximate surface area is 830 Å². The first-order valence-electron chi connectivity index (χ1n) is 46.2. The highest BCUT2D eigenvalue weighted by molar-refractivity contribution is 7.92. The predicted octanol–water partition coefficient (Wildman–Crippen LogP) is 23.6. The molecule has 3 amide bonds. The van der Waals surface area contributed by atoms with Gasteiger partial charge in [0.05, 0.1) is 116 Å². The van der Waals surface area contributed by atoms with E-state index in [9.17, 15) is 79.5 Å². The van der Waals surface area contributed by atoms with E-state index in [0.717, 1.165) is 123 Å². The minimum Gasteiger partial charge on any atom is -0.491 e. The van der Waals surface area contributed by atoms with E-state index >= 15 is 0 Å². The van der Waals surface area contributed by atoms with Gasteiger partial charge in [-0.25, -0.2) is 53.2 Å². The Balaban J connectivity index is 0.000000172. The van der Waals surface area contributed by atoms with Crippen LogP contribution >= 0.6 is 0 Å². The third kappa shape index (κ3) is 26.1. The fourth-order valence-corrected chi connectivity index (χ4v) is 17.6. The average molecular weight is 2000 g/mol. The maximum absolute atomic E-state index is 12.4. The number of hydrogen-bond acceptors (Lipinski definition) is 20. The number of nitrogens with zero attached hydrogens (tertiary/aromatic N) is 10. The van der Waals surface area contributed by atoms with Crippen molar-refractivity contribution >= 4 is 121 Å². The maximum Gasteiger partial charge on any atom is 0.411 e. The molecule has 0 spiro atoms. The lowest BCUT2D eigenvalue weighted by Gasteiger charge is -2.11. The van der Waals surface area contributed by atoms with Gasteiger partial charge in [-0.3, -0.25) is 25.4 Å². The Hall–Kier alpha value is -16.7. The summed E-state index contributed by atoms with van der Waals surface area (Å²) >= 11 is 0. The van der Waals surface area contributed by atoms with E-state index in [1.54, 1.807) is 147 Å². The number of alkyl halides is 5. The summed E-state index contributed by atoms with van der Waals surface area (Å²) in [6.07, 6.45) is 0.290. The van der Waals surface area contributed by atoms with Crippen LogP contribution in [-0.4, -0.2) is 157 Å². The maximum atomic E-state index is 12.4. The van der Waals surface area contributed by atoms with Crippen LogP contribution in [0.3, 0.4) is 0 Å². The molecule has 0 radical (unpaired) electrons. The fraction of sp³-hybridized carbons (Fsp3) is 0.271. The number of amides is 3. The zero-order valence-electron chi connectivity index (χ0n) is 80.9. The lowest BCUT2D eigenvalue weighted by atomic mass is 10.1. The van der Waals surface area contributed by atoms with Crippen LogP contribution in [-0.2, 0) is 67.0 Å². The van der Waals surface area contributed by atoms with Gasteiger partial charge in [-0.2, -0.15) is 26.3 Å². The molecular formula is C107H108F5N15O15S2. The highest BCUT2D eigenvalue weighted by Gasteiger charge is 2.27. The molecule has 0 aliphatic rings. The number of ether oxygens (including phenoxy) is 8. The number of halogens is 5. The number of nitrogens with one attached hydrogen (secondary N) is 5. The van der Waals surface area contributed by atoms with Crippen LogP contribution in [0, 0.1) is 56.7 Å². The quantitative estimate of drug-likeness (QED) is 0.0180. The van der Waals surface area contributed by atoms with Crippen LogP contribution in [0.25, 0.3) is 111 Å². The van der Waals surface area contributed by atoms with Gasteiger partial charge in [0.2, 0.25) is 20.0 Å². The summed E-state index contributed by atoms with van der Waals surface area (Å²) < 4.78 is 165. The normalized spacial score (nSPS) is 10.9. The van der Waals surface area contributed by atoms with Crippen LogP contribution < -0.4 is 49.1 Å². The number of rotatable bonds is 36. The Bertz CT molecular complexity index is 7530. The molecule has 37 heteroatoms. The topological polar surface area (TPSA) is 397 Å². The molecule has 748 valence electrons. The molecule has 0 aliphatic carbocycles. The Kier molecular flexibility index (Phi) is 38.5. The van der Waals surface area contributed by atoms with Crippen molar-refractivity contribution in [3.8, 4) is 115 Å². The lowest BCUT2D eigenvalue weighted by Crippen LogP contribution is -2.14. The molecule has 0 bridgehead atoms. The number of hydrogen-bond donors (Lipinski definition) is 5. The SMILES string of the molecule is CCCOC(=O)Nc1ccc(-c2c(C#N)c3ccc(OCCF)cc3n2CC)cc1.CCOC(=O)Nc1ccc(-c2c(C#N)c3ccc(OCCF)cc3n2CC)cc1.CCn1c(-c2ccc(NC(=O)OC)cc2)c(C#N)c2ccc(OCCF)cc21.CCn1c(-c2ccc(NS(=O)(=O)CC)cc2)c(C#N)c2ccc(OCCF)cc21.CCn1c(-c2ccc(NS(C)(=O)=O)cc2)c(C#N)c2ccc(OCCF)cc21. The zero-order chi connectivity index (χ0) is 104. The molecule has 5 aromatic heterocycles. The number of fused-ring (bicyclic) bond motifs is 5. The second-order valence-electron chi connectivity index (χ2n) is 31.5. The predicted molar refractivity (Wildman–Crippen MR) is 550 cm³/mol. The van der Waals surface area contributed by atoms with E-state index in [2.05, 4.69) is 60.5 Å². The summed E-state index contributed by atoms with van der Waals surface area (Å²) in [4.78, 5) is 34.7. The summed E-state index contributed by atoms with van der Waals surface area (Å²) in [5.41, 5.74) is 17.6. The Morgan fingerprint density at radius 2 is 0.542 bits per heavy atom. The highest BCUT2D eigenvalue weighted by atomic mass is 32.2. The van der Waals surface area contributed by atoms with Gasteiger partial charge < -0.3 is 60.7 Å². The van der Waals surface area contributed by atoms with E-state index < -0.39 is 71.7 Å². The molecule has 15 rings (SSSR count). The van der Waals surface area contributed by atoms with Gasteiger partial charge in [-0.15, -0.1) is 0 Å². The molecule has 0 unspecified atom stereocenters. The van der Waals surface area contributed by atoms with E-state index in [1.807, 2.05) is 143 Å². The highest BCUT2D eigenvalue weighted by Crippen LogP contribution is 2.43. The number of nitriles is 5. The van der Waals surface area contributed by atoms with E-state index in [0.29, 0.717) is 131 Å². The first-order chi connectivity index (χ1) is 69.7. The summed E-state index contributed by atoms with van der Waals surface area (Å²) in [5.74, 6) is 2.76. The number of aromatic nitrogens is 5. The first kappa shape index (κ1) is 108. The molecule has 0 aliphatic heterocycles. The number of carbonyl (C=O) groups is 3. The van der Waals surface area contributed by atoms with Crippen molar-refractivity contribution in [3.63, 3.8) is 0 Å². The molecule has 0 atom stereocenters. The third-order valence-electron chi connectivity index (χ3n) is 22.4. The van der Waals surface area contributed by atoms with Crippen molar-refractivity contribution in [1.82, 2.24) is 22.8 Å². The summed E-state index contributed by atoms with van der Waals surface area (Å²) in [7, 11) is -5.42. The number of methoxy groups -OCH3 is 1. The van der Waals surface area contributed by atoms with Gasteiger partial charge in [0.25, 0.3) is 0 Å². The minimum absolute atomic E-state index is 0.00848. The van der Waals surface area contributed by atoms with Gasteiger partial charge >= 0.3 is 18.3 Å². The van der Waals surface area contributed by atoms with Gasteiger partial charge in [-0.1, -0.05) is 67.6 Å². The smallest absolute Gasteiger partial charge is 0.411 e. The van der Waals surface area contributed by atoms with E-state index in [-0.39, 0.29) is 38.8 Å². The van der Waals surface area contributed by atoms with Crippen LogP contribution in [0.4, 0.5) is 64.8 Å². The molecule has 15 aromatic rings. The molecule has 144 heavy (non-hydrogen) atoms. The van der Waals surface area contributed by atoms with Crippen molar-refractivity contribution in [2.75, 3.05) is 124 Å². The molecule has 10 aromatic carbocycles. The van der Waals surface area contributed by atoms with Gasteiger partial charge in [0, 0.05) is 118 Å². The van der Waals surface area contributed by atoms with Crippen LogP contribution in [0.2, 0.25) is 0 Å². The summed E-state index contributed by atoms with van der Waals surface area (Å²) in [6.45, 7) is 16.1. The van der Waals surface area contributed by atoms with Gasteiger partial charge in [0.1, 0.15) is 126 Å². The molecule has 30 nitrogen and oxygen atoms in total. The second kappa shape index (κ2) is 51.5. The molecule has 0 fully saturated rings. The summed E-state index contributed by atoms with van der Waals surface area (Å²) in [6, 6.07) is 73.8. The van der Waals surface area contributed by atoms with Crippen LogP contribution in [0.5, 0.6) is 28.7 Å². The van der Waals surface area contributed by atoms with Crippen molar-refractivity contribution < 1.29 is 91.1 Å². The van der Waals surface area contributed by atoms with Crippen molar-refractivity contribution in [3.05, 3.63) is 240 Å². The number of anilines is 5. The van der Waals surface area contributed by atoms with Crippen molar-refractivity contribution in [1.29, 1.82) is 26.3 Å². The van der Waals surface area contributed by atoms with Crippen LogP contribution in [0.1, 0.15) is 89.6 Å². The van der Waals surface area contributed by atoms with E-state index in [4.69, 9.17) is 33.2 Å². The lowest BCUT2D eigenvalue weighted by molar-refractivity contribution is 0.161. The molecule has 0 saturated heterocycles. The number of carbonyl (C=O) groups excluding carboxylic acids is 3. The Morgan fingerprint density at radius 3 is 0.743 bits per heavy atom. The average Bonchev–Trinajstić information content (AvgIpc) is 1.63. The van der Waals surface area contributed by atoms with Gasteiger partial charge in [0.15, 0.2) is 0 Å². The molecule has 5 heterocycles. The zero-order valence-corrected chi connectivity index (χ0v) is 82.6. The summed E-state index contributed by atoms with van der Waals surface area (Å²) in [5, 5.41) is 60.9. The molecule has 0 saturated carbocycles. The number of sulfonamides is 2. The van der Waals surface area contributed by atoms with Gasteiger partial charge in [-0.05, 0) is 204 Å². The molecular weight excluding hydrogens is 1890 g/mol. The van der Waals surface area contributed by atoms with Crippen LogP contribution in [0.15, 0.2) is 212 Å². The number of benzene rings is 10. The first-order valence-corrected chi connectivity index (χ1v) is 49.7. The number of aryl methyl sites for hydroxylation is 5. The monoisotopic (exact) mass is 2000 g/mol. The van der Waals surface area contributed by atoms with Crippen molar-refractivity contribution in [2.24, 2.45) is 0 Å². The second-order valence-corrected chi connectivity index (χ2v) is 35.2. The standard InChI is InChI=1S/C23H24FN3O3.C22H22FN3O3.C21H22FN3O3S.C21H20FN3O3.C20H20FN3O3S/c1-3-12-30-23(28)26-17-7-5-16(6-8-17)22-20(15-25)19-10-9-18(29-13-11-24)14-21(19)27(22)4-2;1-3-26-20-13-17(29-12-11-23)9-10-18(20)19(14-24)21(26)15-5-7-16(8-6-15)25-22(27)28-4-2;1-3-25-20-13-17(28-12-11-22)9-10-18(20)19(14-23)21(25)15-5-7-16(8-6-15)24-29(26,27)4-2;1-3-25-19-12-16(28-11-10-22)8-9-17(19)18(13-23)20(25)14-4-6-15(7-5-14)24-21(26)27-2;1-3-24-19-12-16(27-11-10-21)8-9-17(19)18(13-22)20(24)14-4-6-15(7-5-14)23-28(2,25)26/h5-10,14H,3-4,11-13H2,1-2H3,(H,26,28);5-10,13H,3-4,11-12H2,1-2H3,(H,25,27);5-10,13,24H,3-4,11-12H2,1-2H3;4-9,12H,3,10-11H2,1-2H3,(H,24,26);4-9,12,23H,3,10-11H2,1-2H3. The third-order valence-corrected chi connectivity index (χ3v) is 24.3. The minimum atomic E-state index is -3.36. The van der Waals surface area contributed by atoms with Crippen molar-refractivity contribution in [2.45, 2.75) is 94.5 Å². The molecule has 5 N–H and O–H groups in total. The van der Waals surface area contributed by atoms with E-state index in [1.165, 1.54) is 7.11 Å². The Morgan fingerprint density at radius 1 is 0.312 bits per heavy atom. The largest absolute Gasteiger partial charge is 0.491 e. The fourth-order valence-electron chi connectivity index (χ4n) is 16.4.